The zero-order chi connectivity index (χ0) is 12.3. The molecular weight excluding hydrogens is 225 g/mol. The van der Waals surface area contributed by atoms with Crippen LogP contribution in [0.2, 0.25) is 0 Å². The van der Waals surface area contributed by atoms with Crippen LogP contribution in [0.25, 0.3) is 0 Å². The molecule has 3 N–H and O–H groups in total. The van der Waals surface area contributed by atoms with E-state index in [0.29, 0.717) is 6.20 Å². The molecule has 0 unspecified atom stereocenters. The summed E-state index contributed by atoms with van der Waals surface area (Å²) in [6.45, 7) is -0.359. The van der Waals surface area contributed by atoms with Crippen LogP contribution < -0.4 is 5.73 Å². The Hall–Kier alpha value is -1.63. The Bertz CT molecular complexity index is 410. The Morgan fingerprint density at radius 2 is 2.12 bits per heavy atom. The predicted molar refractivity (Wildman–Crippen MR) is 48.4 cm³/mol. The molecule has 0 aliphatic heterocycles. The van der Waals surface area contributed by atoms with Gasteiger partial charge in [0.05, 0.1) is 6.42 Å². The number of carboxylic acids is 1. The fourth-order valence-electron chi connectivity index (χ4n) is 1.34. The van der Waals surface area contributed by atoms with E-state index in [2.05, 4.69) is 4.98 Å². The zero-order valence-electron chi connectivity index (χ0n) is 8.08. The number of alkyl halides is 2. The average Bonchev–Trinajstić information content (AvgIpc) is 2.19. The topological polar surface area (TPSA) is 76.2 Å². The fourth-order valence-corrected chi connectivity index (χ4v) is 1.34. The summed E-state index contributed by atoms with van der Waals surface area (Å²) >= 11 is 0. The average molecular weight is 234 g/mol. The van der Waals surface area contributed by atoms with E-state index in [-0.39, 0.29) is 17.7 Å². The molecule has 16 heavy (non-hydrogen) atoms. The van der Waals surface area contributed by atoms with Crippen LogP contribution >= 0.6 is 0 Å². The van der Waals surface area contributed by atoms with Gasteiger partial charge in [-0.05, 0) is 5.56 Å². The van der Waals surface area contributed by atoms with E-state index in [9.17, 15) is 18.0 Å². The molecule has 0 aliphatic rings. The van der Waals surface area contributed by atoms with Crippen molar-refractivity contribution in [2.75, 3.05) is 0 Å². The van der Waals surface area contributed by atoms with Crippen LogP contribution in [-0.4, -0.2) is 16.1 Å². The van der Waals surface area contributed by atoms with Gasteiger partial charge in [-0.15, -0.1) is 0 Å². The minimum absolute atomic E-state index is 0.190. The Kier molecular flexibility index (Phi) is 3.83. The number of pyridine rings is 1. The van der Waals surface area contributed by atoms with Crippen LogP contribution in [0.4, 0.5) is 13.2 Å². The number of carboxylic acid groups (broad SMARTS) is 1. The van der Waals surface area contributed by atoms with Crippen molar-refractivity contribution in [3.63, 3.8) is 0 Å². The van der Waals surface area contributed by atoms with Gasteiger partial charge >= 0.3 is 5.97 Å². The number of aliphatic carboxylic acids is 1. The smallest absolute Gasteiger partial charge is 0.308 e. The summed E-state index contributed by atoms with van der Waals surface area (Å²) in [5, 5.41) is 8.52. The lowest BCUT2D eigenvalue weighted by atomic mass is 10.0. The molecule has 0 saturated heterocycles. The summed E-state index contributed by atoms with van der Waals surface area (Å²) in [6.07, 6.45) is -2.90. The van der Waals surface area contributed by atoms with Crippen LogP contribution in [0, 0.1) is 5.95 Å². The SMILES string of the molecule is NCc1c(C(F)F)cnc(F)c1CC(=O)O. The molecule has 1 rings (SSSR count). The van der Waals surface area contributed by atoms with E-state index in [4.69, 9.17) is 10.8 Å². The van der Waals surface area contributed by atoms with Crippen LogP contribution in [0.1, 0.15) is 23.1 Å². The lowest BCUT2D eigenvalue weighted by molar-refractivity contribution is -0.136. The van der Waals surface area contributed by atoms with Crippen molar-refractivity contribution in [2.24, 2.45) is 5.73 Å². The molecule has 0 fully saturated rings. The largest absolute Gasteiger partial charge is 0.481 e. The Labute approximate surface area is 88.9 Å². The molecule has 0 aromatic carbocycles. The van der Waals surface area contributed by atoms with Crippen molar-refractivity contribution in [1.82, 2.24) is 4.98 Å². The van der Waals surface area contributed by atoms with Crippen LogP contribution in [0.5, 0.6) is 0 Å². The summed E-state index contributed by atoms with van der Waals surface area (Å²) in [5.41, 5.74) is 4.11. The highest BCUT2D eigenvalue weighted by atomic mass is 19.3. The van der Waals surface area contributed by atoms with E-state index in [1.807, 2.05) is 0 Å². The standard InChI is InChI=1S/C9H9F3N2O2/c10-8(11)6-3-14-9(12)4(1-7(15)16)5(6)2-13/h3,8H,1-2,13H2,(H,15,16). The van der Waals surface area contributed by atoms with E-state index >= 15 is 0 Å². The Morgan fingerprint density at radius 3 is 2.56 bits per heavy atom. The van der Waals surface area contributed by atoms with Crippen molar-refractivity contribution < 1.29 is 23.1 Å². The molecule has 88 valence electrons. The number of nitrogens with two attached hydrogens (primary N) is 1. The molecule has 1 heterocycles. The number of nitrogens with zero attached hydrogens (tertiary/aromatic N) is 1. The summed E-state index contributed by atoms with van der Waals surface area (Å²) < 4.78 is 38.2. The molecule has 4 nitrogen and oxygen atoms in total. The minimum atomic E-state index is -2.86. The summed E-state index contributed by atoms with van der Waals surface area (Å²) in [5.74, 6) is -2.41. The number of hydrogen-bond donors (Lipinski definition) is 2. The second-order valence-electron chi connectivity index (χ2n) is 3.04. The van der Waals surface area contributed by atoms with E-state index in [1.54, 1.807) is 0 Å². The third-order valence-electron chi connectivity index (χ3n) is 2.05. The quantitative estimate of drug-likeness (QED) is 0.768. The number of halogens is 3. The van der Waals surface area contributed by atoms with E-state index in [1.165, 1.54) is 0 Å². The highest BCUT2D eigenvalue weighted by Gasteiger charge is 2.20. The van der Waals surface area contributed by atoms with Gasteiger partial charge in [0.1, 0.15) is 0 Å². The van der Waals surface area contributed by atoms with Gasteiger partial charge in [0.2, 0.25) is 5.95 Å². The maximum absolute atomic E-state index is 13.2. The monoisotopic (exact) mass is 234 g/mol. The molecular formula is C9H9F3N2O2. The molecule has 1 aromatic rings. The molecule has 0 saturated carbocycles. The minimum Gasteiger partial charge on any atom is -0.481 e. The summed E-state index contributed by atoms with van der Waals surface area (Å²) in [7, 11) is 0. The van der Waals surface area contributed by atoms with Crippen molar-refractivity contribution in [3.8, 4) is 0 Å². The Balaban J connectivity index is 3.32. The van der Waals surface area contributed by atoms with Gasteiger partial charge in [-0.1, -0.05) is 0 Å². The molecule has 0 amide bonds. The number of aromatic nitrogens is 1. The lowest BCUT2D eigenvalue weighted by Crippen LogP contribution is -2.13. The van der Waals surface area contributed by atoms with Crippen molar-refractivity contribution in [2.45, 2.75) is 19.4 Å². The second kappa shape index (κ2) is 4.93. The first-order valence-electron chi connectivity index (χ1n) is 4.33. The molecule has 1 aromatic heterocycles. The van der Waals surface area contributed by atoms with Gasteiger partial charge in [0, 0.05) is 23.9 Å². The summed E-state index contributed by atoms with van der Waals surface area (Å²) in [4.78, 5) is 13.5. The second-order valence-corrected chi connectivity index (χ2v) is 3.04. The van der Waals surface area contributed by atoms with Gasteiger partial charge < -0.3 is 10.8 Å². The van der Waals surface area contributed by atoms with Crippen LogP contribution in [0.3, 0.4) is 0 Å². The number of rotatable bonds is 4. The number of carbonyl (C=O) groups is 1. The molecule has 0 radical (unpaired) electrons. The third-order valence-corrected chi connectivity index (χ3v) is 2.05. The first-order chi connectivity index (χ1) is 7.47. The number of hydrogen-bond acceptors (Lipinski definition) is 3. The van der Waals surface area contributed by atoms with Crippen LogP contribution in [0.15, 0.2) is 6.20 Å². The van der Waals surface area contributed by atoms with Gasteiger partial charge in [-0.3, -0.25) is 4.79 Å². The van der Waals surface area contributed by atoms with E-state index < -0.39 is 30.3 Å². The fraction of sp³-hybridized carbons (Fsp3) is 0.333. The van der Waals surface area contributed by atoms with Gasteiger partial charge in [-0.2, -0.15) is 4.39 Å². The first-order valence-corrected chi connectivity index (χ1v) is 4.33. The Morgan fingerprint density at radius 1 is 1.50 bits per heavy atom. The van der Waals surface area contributed by atoms with Crippen molar-refractivity contribution in [1.29, 1.82) is 0 Å². The summed E-state index contributed by atoms with van der Waals surface area (Å²) in [6, 6.07) is 0. The molecule has 0 atom stereocenters. The third kappa shape index (κ3) is 2.48. The normalized spacial score (nSPS) is 10.8. The van der Waals surface area contributed by atoms with Crippen molar-refractivity contribution in [3.05, 3.63) is 28.8 Å². The highest BCUT2D eigenvalue weighted by Crippen LogP contribution is 2.25. The maximum Gasteiger partial charge on any atom is 0.308 e. The van der Waals surface area contributed by atoms with Gasteiger partial charge in [0.25, 0.3) is 6.43 Å². The van der Waals surface area contributed by atoms with Crippen molar-refractivity contribution >= 4 is 5.97 Å². The first kappa shape index (κ1) is 12.4. The molecule has 0 aliphatic carbocycles. The molecule has 7 heteroatoms. The van der Waals surface area contributed by atoms with Gasteiger partial charge in [-0.25, -0.2) is 13.8 Å². The lowest BCUT2D eigenvalue weighted by Gasteiger charge is -2.11. The highest BCUT2D eigenvalue weighted by molar-refractivity contribution is 5.70. The maximum atomic E-state index is 13.2. The zero-order valence-corrected chi connectivity index (χ0v) is 8.08. The predicted octanol–water partition coefficient (Wildman–Crippen LogP) is 1.24. The molecule has 0 bridgehead atoms. The van der Waals surface area contributed by atoms with Gasteiger partial charge in [0.15, 0.2) is 0 Å². The van der Waals surface area contributed by atoms with Crippen LogP contribution in [-0.2, 0) is 17.8 Å². The molecule has 0 spiro atoms. The van der Waals surface area contributed by atoms with E-state index in [0.717, 1.165) is 0 Å².